The molecule has 0 bridgehead atoms. The maximum absolute atomic E-state index is 5.87. The van der Waals surface area contributed by atoms with Crippen LogP contribution < -0.4 is 11.1 Å². The molecule has 1 aromatic rings. The van der Waals surface area contributed by atoms with E-state index in [9.17, 15) is 0 Å². The van der Waals surface area contributed by atoms with Crippen LogP contribution in [0.3, 0.4) is 0 Å². The highest BCUT2D eigenvalue weighted by molar-refractivity contribution is 5.57. The molecule has 3 N–H and O–H groups in total. The Morgan fingerprint density at radius 2 is 2.13 bits per heavy atom. The van der Waals surface area contributed by atoms with E-state index in [0.29, 0.717) is 17.8 Å². The summed E-state index contributed by atoms with van der Waals surface area (Å²) in [5.41, 5.74) is 6.91. The molecule has 1 aliphatic carbocycles. The fourth-order valence-electron chi connectivity index (χ4n) is 1.84. The van der Waals surface area contributed by atoms with Crippen molar-refractivity contribution >= 4 is 11.6 Å². The standard InChI is InChI=1S/C11H18N4/c1-7(2)9-10(12)13-6-14-11(9)15-8-4-3-5-8/h6-8H,3-5H2,1-2H3,(H3,12,13,14,15). The summed E-state index contributed by atoms with van der Waals surface area (Å²) in [4.78, 5) is 8.32. The molecule has 4 heteroatoms. The molecule has 0 spiro atoms. The average molecular weight is 206 g/mol. The number of nitrogen functional groups attached to an aromatic ring is 1. The number of nitrogens with zero attached hydrogens (tertiary/aromatic N) is 2. The summed E-state index contributed by atoms with van der Waals surface area (Å²) in [5.74, 6) is 1.87. The second-order valence-corrected chi connectivity index (χ2v) is 4.45. The molecule has 1 fully saturated rings. The Kier molecular flexibility index (Phi) is 2.75. The van der Waals surface area contributed by atoms with Crippen molar-refractivity contribution in [3.63, 3.8) is 0 Å². The van der Waals surface area contributed by atoms with E-state index in [-0.39, 0.29) is 0 Å². The number of hydrogen-bond acceptors (Lipinski definition) is 4. The van der Waals surface area contributed by atoms with Gasteiger partial charge in [0.15, 0.2) is 0 Å². The lowest BCUT2D eigenvalue weighted by molar-refractivity contribution is 0.444. The number of hydrogen-bond donors (Lipinski definition) is 2. The number of rotatable bonds is 3. The van der Waals surface area contributed by atoms with Gasteiger partial charge in [-0.25, -0.2) is 9.97 Å². The van der Waals surface area contributed by atoms with Gasteiger partial charge in [-0.3, -0.25) is 0 Å². The zero-order valence-corrected chi connectivity index (χ0v) is 9.33. The second-order valence-electron chi connectivity index (χ2n) is 4.45. The molecule has 1 aliphatic rings. The monoisotopic (exact) mass is 206 g/mol. The van der Waals surface area contributed by atoms with Crippen molar-refractivity contribution in [2.75, 3.05) is 11.1 Å². The molecule has 15 heavy (non-hydrogen) atoms. The van der Waals surface area contributed by atoms with Crippen LogP contribution in [0.4, 0.5) is 11.6 Å². The van der Waals surface area contributed by atoms with Gasteiger partial charge in [0.2, 0.25) is 0 Å². The highest BCUT2D eigenvalue weighted by Crippen LogP contribution is 2.29. The van der Waals surface area contributed by atoms with E-state index in [4.69, 9.17) is 5.73 Å². The van der Waals surface area contributed by atoms with Crippen molar-refractivity contribution in [1.82, 2.24) is 9.97 Å². The molecule has 0 aromatic carbocycles. The minimum atomic E-state index is 0.355. The minimum Gasteiger partial charge on any atom is -0.383 e. The molecule has 82 valence electrons. The van der Waals surface area contributed by atoms with Gasteiger partial charge in [0.25, 0.3) is 0 Å². The van der Waals surface area contributed by atoms with Crippen LogP contribution >= 0.6 is 0 Å². The first-order valence-electron chi connectivity index (χ1n) is 5.55. The molecule has 0 saturated heterocycles. The zero-order chi connectivity index (χ0) is 10.8. The van der Waals surface area contributed by atoms with Crippen LogP contribution in [0.1, 0.15) is 44.6 Å². The average Bonchev–Trinajstić information content (AvgIpc) is 2.10. The number of nitrogens with one attached hydrogen (secondary N) is 1. The predicted molar refractivity (Wildman–Crippen MR) is 61.8 cm³/mol. The fourth-order valence-corrected chi connectivity index (χ4v) is 1.84. The van der Waals surface area contributed by atoms with Gasteiger partial charge in [-0.05, 0) is 25.2 Å². The van der Waals surface area contributed by atoms with Gasteiger partial charge in [0.05, 0.1) is 0 Å². The SMILES string of the molecule is CC(C)c1c(N)ncnc1NC1CCC1. The van der Waals surface area contributed by atoms with E-state index < -0.39 is 0 Å². The highest BCUT2D eigenvalue weighted by Gasteiger charge is 2.20. The largest absolute Gasteiger partial charge is 0.383 e. The lowest BCUT2D eigenvalue weighted by Crippen LogP contribution is -2.28. The topological polar surface area (TPSA) is 63.8 Å². The Bertz CT molecular complexity index is 344. The molecular formula is C11H18N4. The van der Waals surface area contributed by atoms with Crippen molar-refractivity contribution in [2.24, 2.45) is 0 Å². The summed E-state index contributed by atoms with van der Waals surface area (Å²) in [6.07, 6.45) is 5.32. The van der Waals surface area contributed by atoms with Crippen LogP contribution in [-0.4, -0.2) is 16.0 Å². The normalized spacial score (nSPS) is 16.5. The van der Waals surface area contributed by atoms with Gasteiger partial charge in [0.1, 0.15) is 18.0 Å². The van der Waals surface area contributed by atoms with Crippen LogP contribution in [0.5, 0.6) is 0 Å². The highest BCUT2D eigenvalue weighted by atomic mass is 15.1. The van der Waals surface area contributed by atoms with E-state index >= 15 is 0 Å². The van der Waals surface area contributed by atoms with Crippen LogP contribution in [-0.2, 0) is 0 Å². The summed E-state index contributed by atoms with van der Waals surface area (Å²) in [6, 6.07) is 0.580. The van der Waals surface area contributed by atoms with Crippen LogP contribution in [0.15, 0.2) is 6.33 Å². The molecule has 1 saturated carbocycles. The van der Waals surface area contributed by atoms with Gasteiger partial charge in [-0.1, -0.05) is 13.8 Å². The molecular weight excluding hydrogens is 188 g/mol. The summed E-state index contributed by atoms with van der Waals surface area (Å²) >= 11 is 0. The van der Waals surface area contributed by atoms with Gasteiger partial charge in [0, 0.05) is 11.6 Å². The maximum Gasteiger partial charge on any atom is 0.135 e. The summed E-state index contributed by atoms with van der Waals surface area (Å²) < 4.78 is 0. The van der Waals surface area contributed by atoms with Gasteiger partial charge >= 0.3 is 0 Å². The molecule has 1 heterocycles. The van der Waals surface area contributed by atoms with Crippen molar-refractivity contribution < 1.29 is 0 Å². The smallest absolute Gasteiger partial charge is 0.135 e. The second kappa shape index (κ2) is 4.04. The van der Waals surface area contributed by atoms with Crippen molar-refractivity contribution in [2.45, 2.75) is 45.1 Å². The Balaban J connectivity index is 2.23. The Hall–Kier alpha value is -1.32. The van der Waals surface area contributed by atoms with E-state index in [1.807, 2.05) is 0 Å². The van der Waals surface area contributed by atoms with Crippen LogP contribution in [0, 0.1) is 0 Å². The zero-order valence-electron chi connectivity index (χ0n) is 9.33. The van der Waals surface area contributed by atoms with Crippen molar-refractivity contribution in [3.8, 4) is 0 Å². The van der Waals surface area contributed by atoms with E-state index in [1.54, 1.807) is 0 Å². The van der Waals surface area contributed by atoms with E-state index in [1.165, 1.54) is 25.6 Å². The molecule has 0 unspecified atom stereocenters. The molecule has 0 radical (unpaired) electrons. The molecule has 2 rings (SSSR count). The fraction of sp³-hybridized carbons (Fsp3) is 0.636. The Morgan fingerprint density at radius 3 is 2.67 bits per heavy atom. The molecule has 4 nitrogen and oxygen atoms in total. The minimum absolute atomic E-state index is 0.355. The van der Waals surface area contributed by atoms with E-state index in [0.717, 1.165) is 11.4 Å². The summed E-state index contributed by atoms with van der Waals surface area (Å²) in [6.45, 7) is 4.22. The van der Waals surface area contributed by atoms with Gasteiger partial charge < -0.3 is 11.1 Å². The molecule has 0 aliphatic heterocycles. The summed E-state index contributed by atoms with van der Waals surface area (Å²) in [5, 5.41) is 3.44. The number of nitrogens with two attached hydrogens (primary N) is 1. The molecule has 1 aromatic heterocycles. The lowest BCUT2D eigenvalue weighted by atomic mass is 9.92. The summed E-state index contributed by atoms with van der Waals surface area (Å²) in [7, 11) is 0. The Morgan fingerprint density at radius 1 is 1.40 bits per heavy atom. The predicted octanol–water partition coefficient (Wildman–Crippen LogP) is 2.15. The third kappa shape index (κ3) is 2.03. The maximum atomic E-state index is 5.87. The Labute approximate surface area is 90.3 Å². The first-order valence-corrected chi connectivity index (χ1v) is 5.55. The van der Waals surface area contributed by atoms with Gasteiger partial charge in [-0.2, -0.15) is 0 Å². The third-order valence-electron chi connectivity index (χ3n) is 2.94. The van der Waals surface area contributed by atoms with Crippen LogP contribution in [0.2, 0.25) is 0 Å². The quantitative estimate of drug-likeness (QED) is 0.795. The first-order chi connectivity index (χ1) is 7.18. The number of aromatic nitrogens is 2. The van der Waals surface area contributed by atoms with Crippen molar-refractivity contribution in [1.29, 1.82) is 0 Å². The van der Waals surface area contributed by atoms with Crippen LogP contribution in [0.25, 0.3) is 0 Å². The third-order valence-corrected chi connectivity index (χ3v) is 2.94. The molecule has 0 amide bonds. The first kappa shape index (κ1) is 10.2. The van der Waals surface area contributed by atoms with Gasteiger partial charge in [-0.15, -0.1) is 0 Å². The van der Waals surface area contributed by atoms with E-state index in [2.05, 4.69) is 29.1 Å². The lowest BCUT2D eigenvalue weighted by Gasteiger charge is -2.28. The molecule has 0 atom stereocenters. The van der Waals surface area contributed by atoms with Crippen molar-refractivity contribution in [3.05, 3.63) is 11.9 Å². The number of anilines is 2.